The molecule has 0 heterocycles. The van der Waals surface area contributed by atoms with Crippen LogP contribution in [0.15, 0.2) is 78.9 Å². The lowest BCUT2D eigenvalue weighted by Crippen LogP contribution is -2.53. The van der Waals surface area contributed by atoms with E-state index in [-0.39, 0.29) is 18.9 Å². The van der Waals surface area contributed by atoms with Crippen molar-refractivity contribution in [1.82, 2.24) is 10.2 Å². The molecule has 7 nitrogen and oxygen atoms in total. The van der Waals surface area contributed by atoms with Crippen molar-refractivity contribution in [2.75, 3.05) is 23.7 Å². The number of benzene rings is 3. The van der Waals surface area contributed by atoms with E-state index in [0.717, 1.165) is 28.1 Å². The third kappa shape index (κ3) is 8.07. The van der Waals surface area contributed by atoms with Crippen LogP contribution >= 0.6 is 11.6 Å². The molecule has 0 aliphatic carbocycles. The summed E-state index contributed by atoms with van der Waals surface area (Å²) < 4.78 is 26.7. The Morgan fingerprint density at radius 1 is 0.974 bits per heavy atom. The molecular weight excluding hydrogens is 522 g/mol. The summed E-state index contributed by atoms with van der Waals surface area (Å²) in [4.78, 5) is 28.9. The lowest BCUT2D eigenvalue weighted by atomic mass is 10.0. The van der Waals surface area contributed by atoms with Gasteiger partial charge in [0.25, 0.3) is 0 Å². The molecule has 1 unspecified atom stereocenters. The fourth-order valence-electron chi connectivity index (χ4n) is 4.13. The predicted octanol–water partition coefficient (Wildman–Crippen LogP) is 4.58. The Bertz CT molecular complexity index is 1350. The van der Waals surface area contributed by atoms with Crippen molar-refractivity contribution in [3.05, 3.63) is 101 Å². The summed E-state index contributed by atoms with van der Waals surface area (Å²) in [5, 5.41) is 3.37. The molecule has 3 rings (SSSR count). The third-order valence-corrected chi connectivity index (χ3v) is 7.60. The molecule has 3 aromatic carbocycles. The predicted molar refractivity (Wildman–Crippen MR) is 153 cm³/mol. The van der Waals surface area contributed by atoms with E-state index in [1.165, 1.54) is 4.90 Å². The van der Waals surface area contributed by atoms with Crippen LogP contribution in [0, 0.1) is 6.92 Å². The second-order valence-electron chi connectivity index (χ2n) is 9.22. The minimum Gasteiger partial charge on any atom is -0.354 e. The van der Waals surface area contributed by atoms with Crippen LogP contribution in [0.2, 0.25) is 5.02 Å². The lowest BCUT2D eigenvalue weighted by Gasteiger charge is -2.33. The third-order valence-electron chi connectivity index (χ3n) is 6.09. The van der Waals surface area contributed by atoms with Gasteiger partial charge in [-0.3, -0.25) is 13.9 Å². The Hall–Kier alpha value is -3.36. The molecule has 0 aromatic heterocycles. The van der Waals surface area contributed by atoms with Crippen molar-refractivity contribution in [3.8, 4) is 0 Å². The largest absolute Gasteiger partial charge is 0.354 e. The number of sulfonamides is 1. The summed E-state index contributed by atoms with van der Waals surface area (Å²) in [6.07, 6.45) is 2.06. The smallest absolute Gasteiger partial charge is 0.244 e. The standard InChI is InChI=1S/C29H34ClN3O4S/c1-4-17-31-29(35)27(19-23-12-6-5-7-13-23)32(20-24-14-8-9-16-26(24)30)28(34)21-33(38(3,36)37)25-15-10-11-22(2)18-25/h5-16,18,27H,4,17,19-21H2,1-3H3,(H,31,35). The van der Waals surface area contributed by atoms with Gasteiger partial charge in [-0.2, -0.15) is 0 Å². The lowest BCUT2D eigenvalue weighted by molar-refractivity contribution is -0.140. The number of nitrogens with one attached hydrogen (secondary N) is 1. The SMILES string of the molecule is CCCNC(=O)C(Cc1ccccc1)N(Cc1ccccc1Cl)C(=O)CN(c1cccc(C)c1)S(C)(=O)=O. The van der Waals surface area contributed by atoms with Crippen molar-refractivity contribution in [2.45, 2.75) is 39.3 Å². The van der Waals surface area contributed by atoms with E-state index in [1.54, 1.807) is 36.4 Å². The molecule has 0 saturated carbocycles. The molecule has 0 saturated heterocycles. The first-order valence-electron chi connectivity index (χ1n) is 12.5. The highest BCUT2D eigenvalue weighted by Crippen LogP contribution is 2.23. The van der Waals surface area contributed by atoms with Crippen molar-refractivity contribution < 1.29 is 18.0 Å². The average molecular weight is 556 g/mol. The maximum Gasteiger partial charge on any atom is 0.244 e. The molecule has 0 spiro atoms. The minimum absolute atomic E-state index is 0.0426. The number of anilines is 1. The van der Waals surface area contributed by atoms with E-state index < -0.39 is 28.5 Å². The monoisotopic (exact) mass is 555 g/mol. The number of rotatable bonds is 12. The first-order valence-corrected chi connectivity index (χ1v) is 14.7. The van der Waals surface area contributed by atoms with E-state index >= 15 is 0 Å². The van der Waals surface area contributed by atoms with E-state index in [1.807, 2.05) is 56.3 Å². The number of amides is 2. The van der Waals surface area contributed by atoms with Crippen LogP contribution in [0.1, 0.15) is 30.0 Å². The molecule has 0 aliphatic rings. The van der Waals surface area contributed by atoms with Gasteiger partial charge >= 0.3 is 0 Å². The molecule has 202 valence electrons. The number of carbonyl (C=O) groups excluding carboxylic acids is 2. The van der Waals surface area contributed by atoms with E-state index in [0.29, 0.717) is 22.8 Å². The number of nitrogens with zero attached hydrogens (tertiary/aromatic N) is 2. The number of hydrogen-bond donors (Lipinski definition) is 1. The summed E-state index contributed by atoms with van der Waals surface area (Å²) in [5.74, 6) is -0.818. The van der Waals surface area contributed by atoms with E-state index in [4.69, 9.17) is 11.6 Å². The van der Waals surface area contributed by atoms with Crippen molar-refractivity contribution in [3.63, 3.8) is 0 Å². The van der Waals surface area contributed by atoms with E-state index in [9.17, 15) is 18.0 Å². The molecule has 9 heteroatoms. The van der Waals surface area contributed by atoms with Gasteiger partial charge in [-0.05, 0) is 48.2 Å². The zero-order valence-corrected chi connectivity index (χ0v) is 23.5. The Labute approximate surface area is 230 Å². The van der Waals surface area contributed by atoms with Gasteiger partial charge in [0.2, 0.25) is 21.8 Å². The van der Waals surface area contributed by atoms with Crippen molar-refractivity contribution in [2.24, 2.45) is 0 Å². The minimum atomic E-state index is -3.80. The Morgan fingerprint density at radius 2 is 1.66 bits per heavy atom. The first kappa shape index (κ1) is 29.2. The van der Waals surface area contributed by atoms with Gasteiger partial charge in [-0.25, -0.2) is 8.42 Å². The Balaban J connectivity index is 2.05. The zero-order chi connectivity index (χ0) is 27.7. The highest BCUT2D eigenvalue weighted by molar-refractivity contribution is 7.92. The van der Waals surface area contributed by atoms with Crippen LogP contribution in [-0.4, -0.2) is 50.5 Å². The molecular formula is C29H34ClN3O4S. The summed E-state index contributed by atoms with van der Waals surface area (Å²) in [5.41, 5.74) is 2.77. The van der Waals surface area contributed by atoms with Gasteiger partial charge < -0.3 is 10.2 Å². The Morgan fingerprint density at radius 3 is 2.29 bits per heavy atom. The quantitative estimate of drug-likeness (QED) is 0.354. The number of carbonyl (C=O) groups is 2. The first-order chi connectivity index (χ1) is 18.1. The topological polar surface area (TPSA) is 86.8 Å². The van der Waals surface area contributed by atoms with Crippen molar-refractivity contribution >= 4 is 39.1 Å². The summed E-state index contributed by atoms with van der Waals surface area (Å²) in [6.45, 7) is 3.84. The molecule has 0 aliphatic heterocycles. The zero-order valence-electron chi connectivity index (χ0n) is 21.9. The molecule has 0 fully saturated rings. The van der Waals surface area contributed by atoms with Crippen LogP contribution in [0.3, 0.4) is 0 Å². The van der Waals surface area contributed by atoms with Crippen LogP contribution in [0.5, 0.6) is 0 Å². The summed E-state index contributed by atoms with van der Waals surface area (Å²) in [6, 6.07) is 22.6. The normalized spacial score (nSPS) is 12.0. The number of hydrogen-bond acceptors (Lipinski definition) is 4. The Kier molecular flexibility index (Phi) is 10.3. The van der Waals surface area contributed by atoms with Crippen LogP contribution in [0.4, 0.5) is 5.69 Å². The average Bonchev–Trinajstić information content (AvgIpc) is 2.88. The fourth-order valence-corrected chi connectivity index (χ4v) is 5.16. The van der Waals surface area contributed by atoms with Crippen LogP contribution in [0.25, 0.3) is 0 Å². The van der Waals surface area contributed by atoms with Crippen LogP contribution < -0.4 is 9.62 Å². The maximum absolute atomic E-state index is 14.0. The van der Waals surface area contributed by atoms with Gasteiger partial charge in [0.15, 0.2) is 0 Å². The fraction of sp³-hybridized carbons (Fsp3) is 0.310. The molecule has 38 heavy (non-hydrogen) atoms. The van der Waals surface area contributed by atoms with Gasteiger partial charge in [0.05, 0.1) is 11.9 Å². The van der Waals surface area contributed by atoms with Gasteiger partial charge in [0.1, 0.15) is 12.6 Å². The molecule has 3 aromatic rings. The van der Waals surface area contributed by atoms with Gasteiger partial charge in [-0.15, -0.1) is 0 Å². The van der Waals surface area contributed by atoms with Gasteiger partial charge in [0, 0.05) is 24.5 Å². The maximum atomic E-state index is 14.0. The van der Waals surface area contributed by atoms with Crippen molar-refractivity contribution in [1.29, 1.82) is 0 Å². The van der Waals surface area contributed by atoms with E-state index in [2.05, 4.69) is 5.32 Å². The molecule has 1 atom stereocenters. The molecule has 1 N–H and O–H groups in total. The highest BCUT2D eigenvalue weighted by Gasteiger charge is 2.33. The van der Waals surface area contributed by atoms with Crippen LogP contribution in [-0.2, 0) is 32.6 Å². The molecule has 0 bridgehead atoms. The number of halogens is 1. The molecule has 2 amide bonds. The second-order valence-corrected chi connectivity index (χ2v) is 11.5. The second kappa shape index (κ2) is 13.4. The number of aryl methyl sites for hydroxylation is 1. The molecule has 0 radical (unpaired) electrons. The van der Waals surface area contributed by atoms with Gasteiger partial charge in [-0.1, -0.05) is 79.2 Å². The highest BCUT2D eigenvalue weighted by atomic mass is 35.5. The summed E-state index contributed by atoms with van der Waals surface area (Å²) in [7, 11) is -3.80. The summed E-state index contributed by atoms with van der Waals surface area (Å²) >= 11 is 6.45.